The first-order valence-electron chi connectivity index (χ1n) is 9.54. The number of hydrogen-bond donors (Lipinski definition) is 0. The second kappa shape index (κ2) is 8.78. The Bertz CT molecular complexity index is 1040. The van der Waals surface area contributed by atoms with Crippen molar-refractivity contribution >= 4 is 28.8 Å². The molecule has 29 heavy (non-hydrogen) atoms. The maximum Gasteiger partial charge on any atom is 0.113 e. The van der Waals surface area contributed by atoms with Crippen molar-refractivity contribution in [3.63, 3.8) is 0 Å². The molecule has 3 aromatic rings. The molecule has 0 radical (unpaired) electrons. The maximum atomic E-state index is 9.36. The fourth-order valence-electron chi connectivity index (χ4n) is 3.49. The van der Waals surface area contributed by atoms with Gasteiger partial charge in [-0.1, -0.05) is 17.7 Å². The molecule has 1 fully saturated rings. The van der Waals surface area contributed by atoms with Gasteiger partial charge >= 0.3 is 0 Å². The van der Waals surface area contributed by atoms with Gasteiger partial charge in [-0.05, 0) is 38.1 Å². The fourth-order valence-corrected chi connectivity index (χ4v) is 4.10. The topological polar surface area (TPSA) is 71.3 Å². The van der Waals surface area contributed by atoms with Crippen LogP contribution in [-0.4, -0.2) is 41.9 Å². The van der Waals surface area contributed by atoms with Gasteiger partial charge in [0.1, 0.15) is 17.1 Å². The van der Waals surface area contributed by atoms with E-state index >= 15 is 0 Å². The number of nitriles is 1. The second-order valence-corrected chi connectivity index (χ2v) is 8.03. The summed E-state index contributed by atoms with van der Waals surface area (Å²) in [6.45, 7) is 6.05. The van der Waals surface area contributed by atoms with Gasteiger partial charge in [0.15, 0.2) is 0 Å². The molecule has 0 saturated carbocycles. The number of hydrogen-bond acceptors (Lipinski definition) is 7. The smallest absolute Gasteiger partial charge is 0.113 e. The van der Waals surface area contributed by atoms with E-state index in [9.17, 15) is 5.26 Å². The van der Waals surface area contributed by atoms with Gasteiger partial charge in [0.05, 0.1) is 30.1 Å². The molecule has 4 rings (SSSR count). The lowest BCUT2D eigenvalue weighted by atomic mass is 10.1. The third kappa shape index (κ3) is 4.51. The summed E-state index contributed by atoms with van der Waals surface area (Å²) in [5.41, 5.74) is 4.11. The van der Waals surface area contributed by atoms with Crippen LogP contribution >= 0.6 is 12.0 Å². The van der Waals surface area contributed by atoms with Crippen LogP contribution in [0.2, 0.25) is 0 Å². The van der Waals surface area contributed by atoms with E-state index in [0.29, 0.717) is 24.2 Å². The molecule has 2 atom stereocenters. The number of ether oxygens (including phenoxy) is 1. The van der Waals surface area contributed by atoms with Crippen molar-refractivity contribution in [1.82, 2.24) is 9.97 Å². The highest BCUT2D eigenvalue weighted by Gasteiger charge is 2.27. The molecule has 7 heteroatoms. The van der Waals surface area contributed by atoms with Crippen LogP contribution in [0, 0.1) is 18.3 Å². The van der Waals surface area contributed by atoms with Gasteiger partial charge in [0.2, 0.25) is 0 Å². The molecule has 0 aliphatic carbocycles. The Hall–Kier alpha value is -2.66. The molecule has 6 nitrogen and oxygen atoms in total. The predicted molar refractivity (Wildman–Crippen MR) is 114 cm³/mol. The number of aromatic nitrogens is 2. The van der Waals surface area contributed by atoms with Crippen molar-refractivity contribution in [2.75, 3.05) is 24.6 Å². The van der Waals surface area contributed by atoms with E-state index < -0.39 is 0 Å². The number of rotatable bonds is 5. The average Bonchev–Trinajstić information content (AvgIpc) is 2.74. The summed E-state index contributed by atoms with van der Waals surface area (Å²) >= 11 is 1.37. The second-order valence-electron chi connectivity index (χ2n) is 7.15. The van der Waals surface area contributed by atoms with Gasteiger partial charge in [-0.15, -0.1) is 0 Å². The molecule has 0 unspecified atom stereocenters. The SMILES string of the molecule is Cc1ccc(SOC[C@H]2CN(c3ccc(C#N)c4nccnc34)C[C@H](C)O2)cc1. The Morgan fingerprint density at radius 3 is 2.66 bits per heavy atom. The Kier molecular flexibility index (Phi) is 5.95. The molecule has 1 aliphatic rings. The van der Waals surface area contributed by atoms with E-state index in [-0.39, 0.29) is 12.2 Å². The molecule has 0 N–H and O–H groups in total. The number of nitrogens with zero attached hydrogens (tertiary/aromatic N) is 4. The lowest BCUT2D eigenvalue weighted by Crippen LogP contribution is -2.48. The third-order valence-electron chi connectivity index (χ3n) is 4.82. The zero-order chi connectivity index (χ0) is 20.2. The van der Waals surface area contributed by atoms with Crippen molar-refractivity contribution in [1.29, 1.82) is 5.26 Å². The van der Waals surface area contributed by atoms with Crippen molar-refractivity contribution < 1.29 is 8.92 Å². The summed E-state index contributed by atoms with van der Waals surface area (Å²) < 4.78 is 11.9. The van der Waals surface area contributed by atoms with Crippen molar-refractivity contribution in [2.24, 2.45) is 0 Å². The summed E-state index contributed by atoms with van der Waals surface area (Å²) in [5, 5.41) is 9.36. The molecular formula is C22H22N4O2S. The van der Waals surface area contributed by atoms with Crippen LogP contribution in [0.15, 0.2) is 53.7 Å². The number of aryl methyl sites for hydroxylation is 1. The Balaban J connectivity index is 1.47. The number of anilines is 1. The fraction of sp³-hybridized carbons (Fsp3) is 0.318. The van der Waals surface area contributed by atoms with Gasteiger partial charge in [0.25, 0.3) is 0 Å². The number of benzene rings is 2. The first-order chi connectivity index (χ1) is 14.1. The van der Waals surface area contributed by atoms with Crippen LogP contribution in [-0.2, 0) is 8.92 Å². The molecule has 1 saturated heterocycles. The molecule has 1 aromatic heterocycles. The largest absolute Gasteiger partial charge is 0.369 e. The van der Waals surface area contributed by atoms with Crippen molar-refractivity contribution in [2.45, 2.75) is 31.0 Å². The minimum atomic E-state index is -0.0564. The standard InChI is InChI=1S/C22H22N4O2S/c1-15-3-6-19(7-4-15)29-27-14-18-13-26(12-16(2)28-18)20-8-5-17(11-23)21-22(20)25-10-9-24-21/h3-10,16,18H,12-14H2,1-2H3/t16-,18+/m0/s1. The summed E-state index contributed by atoms with van der Waals surface area (Å²) in [6, 6.07) is 14.2. The summed E-state index contributed by atoms with van der Waals surface area (Å²) in [5.74, 6) is 0. The number of fused-ring (bicyclic) bond motifs is 1. The Labute approximate surface area is 174 Å². The number of morpholine rings is 1. The Morgan fingerprint density at radius 1 is 1.14 bits per heavy atom. The minimum absolute atomic E-state index is 0.0564. The lowest BCUT2D eigenvalue weighted by molar-refractivity contribution is -0.0339. The van der Waals surface area contributed by atoms with Crippen molar-refractivity contribution in [3.05, 3.63) is 59.9 Å². The lowest BCUT2D eigenvalue weighted by Gasteiger charge is -2.38. The first kappa shape index (κ1) is 19.6. The molecule has 0 amide bonds. The van der Waals surface area contributed by atoms with Gasteiger partial charge in [-0.2, -0.15) is 5.26 Å². The van der Waals surface area contributed by atoms with Gasteiger partial charge < -0.3 is 13.8 Å². The predicted octanol–water partition coefficient (Wildman–Crippen LogP) is 4.13. The Morgan fingerprint density at radius 2 is 1.90 bits per heavy atom. The highest BCUT2D eigenvalue weighted by atomic mass is 32.2. The zero-order valence-electron chi connectivity index (χ0n) is 16.4. The van der Waals surface area contributed by atoms with Crippen LogP contribution in [0.5, 0.6) is 0 Å². The van der Waals surface area contributed by atoms with E-state index in [1.54, 1.807) is 12.4 Å². The van der Waals surface area contributed by atoms with Gasteiger partial charge in [0, 0.05) is 42.4 Å². The van der Waals surface area contributed by atoms with Gasteiger partial charge in [-0.3, -0.25) is 9.97 Å². The monoisotopic (exact) mass is 406 g/mol. The summed E-state index contributed by atoms with van der Waals surface area (Å²) in [4.78, 5) is 12.2. The molecule has 148 valence electrons. The van der Waals surface area contributed by atoms with Crippen LogP contribution < -0.4 is 4.90 Å². The summed E-state index contributed by atoms with van der Waals surface area (Å²) in [6.07, 6.45) is 3.28. The van der Waals surface area contributed by atoms with Crippen molar-refractivity contribution in [3.8, 4) is 6.07 Å². The molecule has 2 heterocycles. The first-order valence-corrected chi connectivity index (χ1v) is 10.3. The summed E-state index contributed by atoms with van der Waals surface area (Å²) in [7, 11) is 0. The third-order valence-corrected chi connectivity index (χ3v) is 5.54. The van der Waals surface area contributed by atoms with E-state index in [2.05, 4.69) is 59.1 Å². The van der Waals surface area contributed by atoms with E-state index in [0.717, 1.165) is 22.6 Å². The molecular weight excluding hydrogens is 384 g/mol. The highest BCUT2D eigenvalue weighted by molar-refractivity contribution is 7.94. The maximum absolute atomic E-state index is 9.36. The molecule has 1 aliphatic heterocycles. The van der Waals surface area contributed by atoms with E-state index in [1.807, 2.05) is 12.1 Å². The normalized spacial score (nSPS) is 19.3. The van der Waals surface area contributed by atoms with E-state index in [4.69, 9.17) is 8.92 Å². The van der Waals surface area contributed by atoms with Crippen LogP contribution in [0.25, 0.3) is 11.0 Å². The van der Waals surface area contributed by atoms with Crippen LogP contribution in [0.4, 0.5) is 5.69 Å². The molecule has 0 bridgehead atoms. The minimum Gasteiger partial charge on any atom is -0.369 e. The highest BCUT2D eigenvalue weighted by Crippen LogP contribution is 2.29. The van der Waals surface area contributed by atoms with Crippen LogP contribution in [0.1, 0.15) is 18.1 Å². The molecule has 2 aromatic carbocycles. The quantitative estimate of drug-likeness (QED) is 0.590. The van der Waals surface area contributed by atoms with E-state index in [1.165, 1.54) is 17.6 Å². The van der Waals surface area contributed by atoms with Crippen LogP contribution in [0.3, 0.4) is 0 Å². The molecule has 0 spiro atoms. The average molecular weight is 407 g/mol. The zero-order valence-corrected chi connectivity index (χ0v) is 17.2. The van der Waals surface area contributed by atoms with Gasteiger partial charge in [-0.25, -0.2) is 0 Å².